The van der Waals surface area contributed by atoms with Crippen LogP contribution in [-0.2, 0) is 20.8 Å². The summed E-state index contributed by atoms with van der Waals surface area (Å²) in [6.45, 7) is 4.18. The van der Waals surface area contributed by atoms with Gasteiger partial charge in [-0.2, -0.15) is 0 Å². The zero-order valence-electron chi connectivity index (χ0n) is 31.0. The first-order valence-corrected chi connectivity index (χ1v) is 20.1. The van der Waals surface area contributed by atoms with Crippen LogP contribution in [0, 0.1) is 11.7 Å². The molecule has 3 fully saturated rings. The predicted octanol–water partition coefficient (Wildman–Crippen LogP) is 2.97. The van der Waals surface area contributed by atoms with Gasteiger partial charge in [-0.15, -0.1) is 16.9 Å². The Labute approximate surface area is 324 Å². The van der Waals surface area contributed by atoms with Crippen molar-refractivity contribution in [1.82, 2.24) is 30.5 Å². The Morgan fingerprint density at radius 2 is 1.82 bits per heavy atom. The lowest BCUT2D eigenvalue weighted by Crippen LogP contribution is -2.66. The van der Waals surface area contributed by atoms with Gasteiger partial charge in [0, 0.05) is 34.4 Å². The summed E-state index contributed by atoms with van der Waals surface area (Å²) in [5, 5.41) is 48.0. The number of carbonyl (C=O) groups is 2. The maximum absolute atomic E-state index is 14.0. The first-order valence-electron chi connectivity index (χ1n) is 19.2. The number of hydrogen-bond donors (Lipinski definition) is 5. The second kappa shape index (κ2) is 19.6. The molecule has 3 unspecified atom stereocenters. The average Bonchev–Trinajstić information content (AvgIpc) is 3.54. The third kappa shape index (κ3) is 10.7. The first kappa shape index (κ1) is 41.1. The minimum atomic E-state index is -1.61. The topological polar surface area (TPSA) is 171 Å². The molecule has 3 aliphatic heterocycles. The Balaban J connectivity index is 1.19. The molecule has 0 radical (unpaired) electrons. The zero-order chi connectivity index (χ0) is 38.9. The van der Waals surface area contributed by atoms with Gasteiger partial charge >= 0.3 is 0 Å². The maximum atomic E-state index is 14.0. The van der Waals surface area contributed by atoms with Crippen molar-refractivity contribution < 1.29 is 43.2 Å². The molecule has 9 atom stereocenters. The van der Waals surface area contributed by atoms with E-state index in [1.165, 1.54) is 28.6 Å². The molecule has 16 heteroatoms. The quantitative estimate of drug-likeness (QED) is 0.120. The van der Waals surface area contributed by atoms with E-state index in [2.05, 4.69) is 20.9 Å². The summed E-state index contributed by atoms with van der Waals surface area (Å²) in [5.41, 5.74) is 1.45. The Morgan fingerprint density at radius 3 is 2.56 bits per heavy atom. The number of nitrogens with one attached hydrogen (secondary N) is 2. The molecular formula is C39H52F2N6O7S. The van der Waals surface area contributed by atoms with Gasteiger partial charge in [0.25, 0.3) is 5.91 Å². The number of morpholine rings is 1. The molecule has 1 aromatic heterocycles. The molecule has 2 amide bonds. The minimum Gasteiger partial charge on any atom is -0.388 e. The van der Waals surface area contributed by atoms with Crippen LogP contribution in [0.1, 0.15) is 55.8 Å². The van der Waals surface area contributed by atoms with Gasteiger partial charge in [-0.3, -0.25) is 14.0 Å². The maximum Gasteiger partial charge on any atom is 0.254 e. The second-order valence-corrected chi connectivity index (χ2v) is 16.1. The lowest BCUT2D eigenvalue weighted by atomic mass is 9.89. The van der Waals surface area contributed by atoms with E-state index in [0.717, 1.165) is 30.6 Å². The Morgan fingerprint density at radius 1 is 1.04 bits per heavy atom. The molecule has 6 rings (SSSR count). The van der Waals surface area contributed by atoms with Gasteiger partial charge in [0.05, 0.1) is 44.7 Å². The average molecular weight is 787 g/mol. The van der Waals surface area contributed by atoms with E-state index in [1.807, 2.05) is 19.1 Å². The molecule has 0 spiro atoms. The number of alkyl halides is 1. The number of aliphatic hydroxyl groups excluding tert-OH is 3. The third-order valence-electron chi connectivity index (χ3n) is 10.8. The highest BCUT2D eigenvalue weighted by atomic mass is 32.2. The highest BCUT2D eigenvalue weighted by Crippen LogP contribution is 2.33. The van der Waals surface area contributed by atoms with Crippen LogP contribution in [0.2, 0.25) is 0 Å². The van der Waals surface area contributed by atoms with Crippen LogP contribution in [0.3, 0.4) is 0 Å². The molecule has 3 aromatic rings. The van der Waals surface area contributed by atoms with Crippen molar-refractivity contribution in [3.8, 4) is 11.3 Å². The molecular weight excluding hydrogens is 735 g/mol. The number of amides is 2. The monoisotopic (exact) mass is 786 g/mol. The number of carbonyl (C=O) groups excluding carboxylic acids is 2. The zero-order valence-corrected chi connectivity index (χ0v) is 31.8. The summed E-state index contributed by atoms with van der Waals surface area (Å²) in [6.07, 6.45) is -0.778. The van der Waals surface area contributed by atoms with Gasteiger partial charge in [0.1, 0.15) is 42.0 Å². The van der Waals surface area contributed by atoms with Crippen LogP contribution in [0.15, 0.2) is 59.6 Å². The third-order valence-corrected chi connectivity index (χ3v) is 12.0. The van der Waals surface area contributed by atoms with Crippen LogP contribution in [0.25, 0.3) is 11.3 Å². The number of rotatable bonds is 14. The van der Waals surface area contributed by atoms with Crippen molar-refractivity contribution in [3.05, 3.63) is 66.1 Å². The molecule has 300 valence electrons. The van der Waals surface area contributed by atoms with E-state index in [-0.39, 0.29) is 25.0 Å². The molecule has 0 bridgehead atoms. The summed E-state index contributed by atoms with van der Waals surface area (Å²) < 4.78 is 39.8. The second-order valence-electron chi connectivity index (χ2n) is 14.7. The SMILES string of the molecule is C[C@H](Sc1ccc(C(=O)N2CCOCC2)cc1)[C@@H](NC(=O)[C@@H]1CC[C@H](CCCCF)CCN1)[C@H]1OC(Cn2cc(-c3cccc(F)c3)nn2)[C@H](O)C(O)C1O. The van der Waals surface area contributed by atoms with Crippen LogP contribution in [0.4, 0.5) is 8.78 Å². The summed E-state index contributed by atoms with van der Waals surface area (Å²) in [7, 11) is 0. The summed E-state index contributed by atoms with van der Waals surface area (Å²) >= 11 is 1.41. The Bertz CT molecular complexity index is 1700. The molecule has 5 N–H and O–H groups in total. The molecule has 4 heterocycles. The standard InChI is InChI=1S/C39H52F2N6O7S/c1-24(55-29-11-9-26(10-12-29)39(52)46-17-19-53-20-18-46)33(43-38(51)30-13-8-25(14-16-42-30)5-2-3-15-40)37-36(50)35(49)34(48)32(54-37)23-47-22-31(44-45-47)27-6-4-7-28(41)21-27/h4,6-7,9-12,21-22,24-25,30,32-37,42,48-50H,2-3,5,8,13-20,23H2,1H3,(H,43,51)/t24-,25-,30-,32?,33+,34-,35?,36?,37+/m0/s1. The van der Waals surface area contributed by atoms with E-state index in [9.17, 15) is 33.7 Å². The van der Waals surface area contributed by atoms with Gasteiger partial charge in [0.2, 0.25) is 5.91 Å². The number of aliphatic hydroxyl groups is 3. The van der Waals surface area contributed by atoms with Crippen LogP contribution >= 0.6 is 11.8 Å². The number of ether oxygens (including phenoxy) is 2. The van der Waals surface area contributed by atoms with Crippen LogP contribution in [-0.4, -0.2) is 134 Å². The lowest BCUT2D eigenvalue weighted by molar-refractivity contribution is -0.231. The number of aromatic nitrogens is 3. The van der Waals surface area contributed by atoms with E-state index in [1.54, 1.807) is 35.4 Å². The minimum absolute atomic E-state index is 0.0570. The largest absolute Gasteiger partial charge is 0.388 e. The number of unbranched alkanes of at least 4 members (excludes halogenated alkanes) is 1. The molecule has 3 saturated heterocycles. The fourth-order valence-corrected chi connectivity index (χ4v) is 8.67. The Kier molecular flexibility index (Phi) is 14.6. The normalized spacial score (nSPS) is 27.2. The van der Waals surface area contributed by atoms with E-state index in [4.69, 9.17) is 9.47 Å². The highest BCUT2D eigenvalue weighted by molar-refractivity contribution is 8.00. The van der Waals surface area contributed by atoms with Gasteiger partial charge in [-0.25, -0.2) is 9.07 Å². The van der Waals surface area contributed by atoms with Gasteiger partial charge < -0.3 is 40.3 Å². The molecule has 0 saturated carbocycles. The van der Waals surface area contributed by atoms with Crippen LogP contribution in [0.5, 0.6) is 0 Å². The summed E-state index contributed by atoms with van der Waals surface area (Å²) in [6, 6.07) is 11.7. The fourth-order valence-electron chi connectivity index (χ4n) is 7.57. The molecule has 2 aromatic carbocycles. The predicted molar refractivity (Wildman–Crippen MR) is 201 cm³/mol. The van der Waals surface area contributed by atoms with Crippen molar-refractivity contribution in [2.24, 2.45) is 5.92 Å². The van der Waals surface area contributed by atoms with Crippen molar-refractivity contribution in [2.75, 3.05) is 39.5 Å². The Hall–Kier alpha value is -3.51. The van der Waals surface area contributed by atoms with Gasteiger partial charge in [0.15, 0.2) is 0 Å². The van der Waals surface area contributed by atoms with E-state index >= 15 is 0 Å². The fraction of sp³-hybridized carbons (Fsp3) is 0.590. The summed E-state index contributed by atoms with van der Waals surface area (Å²) in [4.78, 5) is 29.6. The van der Waals surface area contributed by atoms with Gasteiger partial charge in [-0.05, 0) is 74.5 Å². The van der Waals surface area contributed by atoms with E-state index in [0.29, 0.717) is 68.4 Å². The van der Waals surface area contributed by atoms with Crippen LogP contribution < -0.4 is 10.6 Å². The number of hydrogen-bond acceptors (Lipinski definition) is 11. The van der Waals surface area contributed by atoms with Crippen molar-refractivity contribution in [3.63, 3.8) is 0 Å². The molecule has 55 heavy (non-hydrogen) atoms. The smallest absolute Gasteiger partial charge is 0.254 e. The number of benzene rings is 2. The molecule has 0 aliphatic carbocycles. The van der Waals surface area contributed by atoms with E-state index < -0.39 is 53.7 Å². The summed E-state index contributed by atoms with van der Waals surface area (Å²) in [5.74, 6) is -0.397. The number of thioether (sulfide) groups is 1. The number of nitrogens with zero attached hydrogens (tertiary/aromatic N) is 4. The lowest BCUT2D eigenvalue weighted by Gasteiger charge is -2.45. The van der Waals surface area contributed by atoms with Crippen molar-refractivity contribution >= 4 is 23.6 Å². The first-order chi connectivity index (χ1) is 26.6. The number of halogens is 2. The van der Waals surface area contributed by atoms with Crippen molar-refractivity contribution in [1.29, 1.82) is 0 Å². The van der Waals surface area contributed by atoms with Crippen molar-refractivity contribution in [2.45, 2.75) is 105 Å². The molecule has 3 aliphatic rings. The molecule has 13 nitrogen and oxygen atoms in total. The van der Waals surface area contributed by atoms with Gasteiger partial charge in [-0.1, -0.05) is 37.1 Å². The highest BCUT2D eigenvalue weighted by Gasteiger charge is 2.49.